The Morgan fingerprint density at radius 1 is 1.16 bits per heavy atom. The number of nitrogen functional groups attached to an aromatic ring is 1. The van der Waals surface area contributed by atoms with Gasteiger partial charge in [-0.3, -0.25) is 15.1 Å². The third-order valence-electron chi connectivity index (χ3n) is 10.2. The number of thiazole rings is 1. The second kappa shape index (κ2) is 14.3. The largest absolute Gasteiger partial charge is 0.398 e. The van der Waals surface area contributed by atoms with E-state index in [2.05, 4.69) is 30.1 Å². The monoisotopic (exact) mass is 688 g/mol. The van der Waals surface area contributed by atoms with Crippen molar-refractivity contribution in [2.24, 2.45) is 16.8 Å². The predicted molar refractivity (Wildman–Crippen MR) is 190 cm³/mol. The molecule has 258 valence electrons. The summed E-state index contributed by atoms with van der Waals surface area (Å²) in [7, 11) is 0. The minimum absolute atomic E-state index is 0.1000. The van der Waals surface area contributed by atoms with Crippen LogP contribution in [0.15, 0.2) is 53.2 Å². The topological polar surface area (TPSA) is 125 Å². The van der Waals surface area contributed by atoms with E-state index in [0.29, 0.717) is 40.4 Å². The third-order valence-corrected chi connectivity index (χ3v) is 10.9. The second-order valence-electron chi connectivity index (χ2n) is 13.4. The molecule has 3 aliphatic rings. The molecule has 0 bridgehead atoms. The number of alkyl halides is 2. The fourth-order valence-electron chi connectivity index (χ4n) is 7.34. The zero-order valence-electron chi connectivity index (χ0n) is 27.6. The normalized spacial score (nSPS) is 17.9. The van der Waals surface area contributed by atoms with Gasteiger partial charge in [-0.2, -0.15) is 0 Å². The first-order chi connectivity index (χ1) is 23.8. The molecule has 10 nitrogen and oxygen atoms in total. The first-order valence-corrected chi connectivity index (χ1v) is 17.8. The number of aliphatic hydroxyl groups excluding tert-OH is 1. The molecule has 13 heteroatoms. The highest BCUT2D eigenvalue weighted by Gasteiger charge is 2.31. The number of likely N-dealkylation sites (tertiary alicyclic amines) is 1. The molecule has 2 saturated heterocycles. The molecule has 0 saturated carbocycles. The molecule has 5 heterocycles. The van der Waals surface area contributed by atoms with Crippen molar-refractivity contribution in [3.8, 4) is 11.1 Å². The summed E-state index contributed by atoms with van der Waals surface area (Å²) in [6.45, 7) is 8.08. The highest BCUT2D eigenvalue weighted by molar-refractivity contribution is 7.13. The maximum Gasteiger partial charge on any atom is 0.264 e. The van der Waals surface area contributed by atoms with Crippen LogP contribution in [0.3, 0.4) is 0 Å². The van der Waals surface area contributed by atoms with Crippen LogP contribution in [-0.2, 0) is 17.8 Å². The number of nitrogens with one attached hydrogen (secondary N) is 1. The van der Waals surface area contributed by atoms with Gasteiger partial charge in [-0.25, -0.2) is 18.7 Å². The summed E-state index contributed by atoms with van der Waals surface area (Å²) in [5.41, 5.74) is 11.3. The van der Waals surface area contributed by atoms with Crippen molar-refractivity contribution in [2.75, 3.05) is 55.3 Å². The molecule has 2 aromatic heterocycles. The van der Waals surface area contributed by atoms with Crippen LogP contribution in [0, 0.1) is 18.8 Å². The molecular formula is C36H42F2N8O2S. The zero-order valence-corrected chi connectivity index (χ0v) is 28.4. The number of aliphatic imine (C=N–C) groups is 1. The predicted octanol–water partition coefficient (Wildman–Crippen LogP) is 5.72. The average molecular weight is 689 g/mol. The van der Waals surface area contributed by atoms with Gasteiger partial charge < -0.3 is 25.2 Å². The van der Waals surface area contributed by atoms with Gasteiger partial charge in [0, 0.05) is 84.7 Å². The summed E-state index contributed by atoms with van der Waals surface area (Å²) in [4.78, 5) is 31.5. The van der Waals surface area contributed by atoms with Crippen molar-refractivity contribution >= 4 is 40.0 Å². The SMILES string of the molecule is Cc1c(-c2ccc(N3CC(CN4CCC(CO)CC4)C3)cc2)cc(C(F)F)c(C=NC(C(=O)Nc2nccs2)c2ncn3c2CCC3)c1N. The van der Waals surface area contributed by atoms with E-state index in [1.54, 1.807) is 17.9 Å². The summed E-state index contributed by atoms with van der Waals surface area (Å²) >= 11 is 1.28. The van der Waals surface area contributed by atoms with Crippen LogP contribution in [0.2, 0.25) is 0 Å². The summed E-state index contributed by atoms with van der Waals surface area (Å²) in [5, 5.41) is 14.4. The Bertz CT molecular complexity index is 1800. The minimum atomic E-state index is -2.81. The van der Waals surface area contributed by atoms with Crippen molar-refractivity contribution in [2.45, 2.75) is 51.6 Å². The number of carbonyl (C=O) groups is 1. The molecule has 0 radical (unpaired) electrons. The number of benzene rings is 2. The van der Waals surface area contributed by atoms with Crippen LogP contribution in [0.4, 0.5) is 25.3 Å². The van der Waals surface area contributed by atoms with E-state index in [4.69, 9.17) is 5.73 Å². The number of halogens is 2. The first kappa shape index (κ1) is 33.3. The van der Waals surface area contributed by atoms with E-state index in [0.717, 1.165) is 81.9 Å². The molecule has 1 amide bonds. The summed E-state index contributed by atoms with van der Waals surface area (Å²) < 4.78 is 31.3. The standard InChI is InChI=1S/C36H42F2N8O2S/c1-22-27(25-4-6-26(7-5-25)46-18-24(19-46)17-44-12-8-23(20-47)9-13-44)15-28(34(37)38)29(31(22)39)16-41-33(35(48)43-36-40-10-14-49-36)32-30-3-2-11-45(30)21-42-32/h4-7,10,14-16,21,23-24,33-34,47H,2-3,8-9,11-13,17-20,39H2,1H3,(H,40,43,48). The molecule has 0 spiro atoms. The van der Waals surface area contributed by atoms with Gasteiger partial charge in [0.15, 0.2) is 11.2 Å². The smallest absolute Gasteiger partial charge is 0.264 e. The lowest BCUT2D eigenvalue weighted by molar-refractivity contribution is -0.117. The Kier molecular flexibility index (Phi) is 9.75. The molecule has 4 N–H and O–H groups in total. The summed E-state index contributed by atoms with van der Waals surface area (Å²) in [6, 6.07) is 8.44. The van der Waals surface area contributed by atoms with Crippen molar-refractivity contribution in [1.82, 2.24) is 19.4 Å². The Morgan fingerprint density at radius 2 is 1.94 bits per heavy atom. The number of piperidine rings is 1. The molecule has 7 rings (SSSR count). The van der Waals surface area contributed by atoms with Gasteiger partial charge in [0.1, 0.15) is 0 Å². The Labute approximate surface area is 288 Å². The molecule has 1 atom stereocenters. The number of amides is 1. The number of hydrogen-bond acceptors (Lipinski definition) is 9. The minimum Gasteiger partial charge on any atom is -0.398 e. The van der Waals surface area contributed by atoms with Gasteiger partial charge >= 0.3 is 0 Å². The van der Waals surface area contributed by atoms with Crippen molar-refractivity contribution in [1.29, 1.82) is 0 Å². The van der Waals surface area contributed by atoms with Crippen molar-refractivity contribution in [3.05, 3.63) is 76.3 Å². The number of nitrogens with zero attached hydrogens (tertiary/aromatic N) is 6. The molecular weight excluding hydrogens is 647 g/mol. The third kappa shape index (κ3) is 6.97. The quantitative estimate of drug-likeness (QED) is 0.136. The van der Waals surface area contributed by atoms with Gasteiger partial charge in [0.05, 0.1) is 12.0 Å². The summed E-state index contributed by atoms with van der Waals surface area (Å²) in [6.07, 6.45) is 5.61. The van der Waals surface area contributed by atoms with Crippen LogP contribution in [0.1, 0.15) is 59.8 Å². The number of anilines is 3. The second-order valence-corrected chi connectivity index (χ2v) is 14.3. The number of aryl methyl sites for hydroxylation is 1. The Hall–Kier alpha value is -4.20. The molecule has 2 fully saturated rings. The van der Waals surface area contributed by atoms with E-state index < -0.39 is 18.4 Å². The van der Waals surface area contributed by atoms with Gasteiger partial charge in [0.25, 0.3) is 12.3 Å². The molecule has 1 unspecified atom stereocenters. The van der Waals surface area contributed by atoms with Gasteiger partial charge in [-0.1, -0.05) is 12.1 Å². The Balaban J connectivity index is 1.09. The lowest BCUT2D eigenvalue weighted by atomic mass is 9.92. The van der Waals surface area contributed by atoms with Crippen LogP contribution >= 0.6 is 11.3 Å². The van der Waals surface area contributed by atoms with Crippen LogP contribution in [-0.4, -0.2) is 76.0 Å². The van der Waals surface area contributed by atoms with Gasteiger partial charge in [-0.15, -0.1) is 11.3 Å². The maximum absolute atomic E-state index is 14.6. The first-order valence-electron chi connectivity index (χ1n) is 17.0. The number of aliphatic hydroxyl groups is 1. The number of rotatable bonds is 11. The van der Waals surface area contributed by atoms with Crippen molar-refractivity contribution < 1.29 is 18.7 Å². The van der Waals surface area contributed by atoms with Crippen LogP contribution in [0.25, 0.3) is 11.1 Å². The highest BCUT2D eigenvalue weighted by atomic mass is 32.1. The lowest BCUT2D eigenvalue weighted by Crippen LogP contribution is -2.52. The summed E-state index contributed by atoms with van der Waals surface area (Å²) in [5.74, 6) is 0.616. The van der Waals surface area contributed by atoms with Crippen LogP contribution < -0.4 is 16.0 Å². The van der Waals surface area contributed by atoms with E-state index in [1.807, 2.05) is 35.8 Å². The maximum atomic E-state index is 14.6. The number of imidazole rings is 1. The molecule has 2 aromatic carbocycles. The molecule has 49 heavy (non-hydrogen) atoms. The molecule has 0 aliphatic carbocycles. The number of nitrogens with two attached hydrogens (primary N) is 1. The fraction of sp³-hybridized carbons (Fsp3) is 0.444. The van der Waals surface area contributed by atoms with E-state index in [1.165, 1.54) is 23.6 Å². The number of fused-ring (bicyclic) bond motifs is 1. The van der Waals surface area contributed by atoms with E-state index >= 15 is 0 Å². The van der Waals surface area contributed by atoms with E-state index in [-0.39, 0.29) is 16.8 Å². The number of carbonyl (C=O) groups excluding carboxylic acids is 1. The van der Waals surface area contributed by atoms with Crippen molar-refractivity contribution in [3.63, 3.8) is 0 Å². The van der Waals surface area contributed by atoms with Crippen LogP contribution in [0.5, 0.6) is 0 Å². The zero-order chi connectivity index (χ0) is 34.1. The molecule has 3 aliphatic heterocycles. The van der Waals surface area contributed by atoms with Gasteiger partial charge in [0.2, 0.25) is 0 Å². The number of aromatic nitrogens is 3. The highest BCUT2D eigenvalue weighted by Crippen LogP contribution is 2.38. The Morgan fingerprint density at radius 3 is 2.63 bits per heavy atom. The molecule has 4 aromatic rings. The lowest BCUT2D eigenvalue weighted by Gasteiger charge is -2.44. The van der Waals surface area contributed by atoms with Gasteiger partial charge in [-0.05, 0) is 86.5 Å². The number of hydrogen-bond donors (Lipinski definition) is 3. The average Bonchev–Trinajstić information content (AvgIpc) is 3.86. The van der Waals surface area contributed by atoms with E-state index in [9.17, 15) is 18.7 Å². The fourth-order valence-corrected chi connectivity index (χ4v) is 7.87.